The van der Waals surface area contributed by atoms with Crippen LogP contribution in [0.3, 0.4) is 0 Å². The van der Waals surface area contributed by atoms with E-state index in [1.165, 1.54) is 0 Å². The topological polar surface area (TPSA) is 151 Å². The first kappa shape index (κ1) is 11.8. The minimum atomic E-state index is -1.33. The molecule has 0 saturated carbocycles. The van der Waals surface area contributed by atoms with E-state index >= 15 is 0 Å². The lowest BCUT2D eigenvalue weighted by Gasteiger charge is -2.12. The minimum Gasteiger partial charge on any atom is -0.381 e. The maximum atomic E-state index is 11.1. The van der Waals surface area contributed by atoms with Crippen molar-refractivity contribution >= 4 is 5.91 Å². The number of nitrogens with one attached hydrogen (secondary N) is 1. The molecule has 18 heavy (non-hydrogen) atoms. The Kier molecular flexibility index (Phi) is 2.58. The molecule has 94 valence electrons. The first-order valence-electron chi connectivity index (χ1n) is 4.90. The van der Waals surface area contributed by atoms with Crippen molar-refractivity contribution in [2.75, 3.05) is 6.54 Å². The van der Waals surface area contributed by atoms with Gasteiger partial charge in [0, 0.05) is 10.6 Å². The molecule has 1 heterocycles. The lowest BCUT2D eigenvalue weighted by atomic mass is 9.94. The summed E-state index contributed by atoms with van der Waals surface area (Å²) in [6.07, 6.45) is 1.95. The number of carbonyl (C=O) groups is 1. The highest BCUT2D eigenvalue weighted by Gasteiger charge is 2.39. The van der Waals surface area contributed by atoms with E-state index in [0.717, 1.165) is 12.2 Å². The summed E-state index contributed by atoms with van der Waals surface area (Å²) >= 11 is 0. The number of nitrogens with zero attached hydrogens (tertiary/aromatic N) is 2. The molecule has 0 radical (unpaired) electrons. The highest BCUT2D eigenvalue weighted by molar-refractivity contribution is 5.97. The molecule has 1 unspecified atom stereocenters. The van der Waals surface area contributed by atoms with Gasteiger partial charge >= 0.3 is 0 Å². The molecule has 0 bridgehead atoms. The maximum Gasteiger partial charge on any atom is 0.285 e. The number of nitro groups is 2. The smallest absolute Gasteiger partial charge is 0.285 e. The standard InChI is InChI=1S/C9H8N4O5/c10-9(14)5-1-4(6-3-11-6)7(12(15)16)2-8(5)13(17)18/h1-2,7,11H,3H2,(H2,10,14). The lowest BCUT2D eigenvalue weighted by Crippen LogP contribution is -2.28. The largest absolute Gasteiger partial charge is 0.381 e. The predicted molar refractivity (Wildman–Crippen MR) is 58.2 cm³/mol. The van der Waals surface area contributed by atoms with Crippen LogP contribution in [0.2, 0.25) is 0 Å². The van der Waals surface area contributed by atoms with E-state index in [1.807, 2.05) is 0 Å². The number of carbonyl (C=O) groups excluding carboxylic acids is 1. The maximum absolute atomic E-state index is 11.1. The van der Waals surface area contributed by atoms with Gasteiger partial charge in [-0.3, -0.25) is 25.0 Å². The summed E-state index contributed by atoms with van der Waals surface area (Å²) in [7, 11) is 0. The van der Waals surface area contributed by atoms with E-state index in [4.69, 9.17) is 5.73 Å². The van der Waals surface area contributed by atoms with Gasteiger partial charge in [-0.25, -0.2) is 0 Å². The zero-order valence-electron chi connectivity index (χ0n) is 8.95. The molecule has 1 atom stereocenters. The molecule has 0 spiro atoms. The molecule has 9 heteroatoms. The number of primary amides is 1. The van der Waals surface area contributed by atoms with E-state index < -0.39 is 27.5 Å². The quantitative estimate of drug-likeness (QED) is 0.376. The summed E-state index contributed by atoms with van der Waals surface area (Å²) in [6.45, 7) is 0.462. The third kappa shape index (κ3) is 1.93. The molecular weight excluding hydrogens is 244 g/mol. The van der Waals surface area contributed by atoms with E-state index in [1.54, 1.807) is 0 Å². The summed E-state index contributed by atoms with van der Waals surface area (Å²) in [5.41, 5.74) is 4.91. The van der Waals surface area contributed by atoms with Crippen molar-refractivity contribution in [2.24, 2.45) is 5.73 Å². The Balaban J connectivity index is 2.55. The van der Waals surface area contributed by atoms with Crippen LogP contribution in [-0.4, -0.2) is 28.3 Å². The minimum absolute atomic E-state index is 0.236. The Morgan fingerprint density at radius 3 is 2.44 bits per heavy atom. The van der Waals surface area contributed by atoms with Gasteiger partial charge in [-0.15, -0.1) is 0 Å². The first-order chi connectivity index (χ1) is 8.41. The van der Waals surface area contributed by atoms with E-state index in [-0.39, 0.29) is 11.1 Å². The van der Waals surface area contributed by atoms with Crippen molar-refractivity contribution in [1.29, 1.82) is 0 Å². The van der Waals surface area contributed by atoms with Gasteiger partial charge < -0.3 is 11.1 Å². The second-order valence-corrected chi connectivity index (χ2v) is 3.75. The number of hydrogen-bond acceptors (Lipinski definition) is 6. The van der Waals surface area contributed by atoms with Gasteiger partial charge in [-0.05, 0) is 6.08 Å². The molecule has 1 fully saturated rings. The molecule has 3 N–H and O–H groups in total. The molecule has 1 amide bonds. The van der Waals surface area contributed by atoms with Crippen molar-refractivity contribution < 1.29 is 14.6 Å². The van der Waals surface area contributed by atoms with Gasteiger partial charge in [0.2, 0.25) is 0 Å². The fraction of sp³-hybridized carbons (Fsp3) is 0.222. The zero-order chi connectivity index (χ0) is 13.4. The van der Waals surface area contributed by atoms with E-state index in [9.17, 15) is 25.0 Å². The summed E-state index contributed by atoms with van der Waals surface area (Å²) in [4.78, 5) is 31.3. The Hall–Kier alpha value is -2.71. The van der Waals surface area contributed by atoms with Crippen molar-refractivity contribution in [3.63, 3.8) is 0 Å². The van der Waals surface area contributed by atoms with Crippen LogP contribution in [0, 0.1) is 20.2 Å². The van der Waals surface area contributed by atoms with Gasteiger partial charge in [0.05, 0.1) is 23.1 Å². The molecular formula is C9H8N4O5. The summed E-state index contributed by atoms with van der Waals surface area (Å²) < 4.78 is 0. The van der Waals surface area contributed by atoms with Gasteiger partial charge in [-0.2, -0.15) is 0 Å². The Morgan fingerprint density at radius 2 is 2.06 bits per heavy atom. The van der Waals surface area contributed by atoms with E-state index in [0.29, 0.717) is 12.2 Å². The Bertz CT molecular complexity index is 553. The molecule has 0 aromatic rings. The third-order valence-electron chi connectivity index (χ3n) is 2.60. The van der Waals surface area contributed by atoms with Crippen molar-refractivity contribution in [3.05, 3.63) is 54.9 Å². The molecule has 1 saturated heterocycles. The van der Waals surface area contributed by atoms with Crippen molar-refractivity contribution in [2.45, 2.75) is 6.04 Å². The number of amides is 1. The Labute approximate surface area is 99.9 Å². The van der Waals surface area contributed by atoms with E-state index in [2.05, 4.69) is 5.32 Å². The second-order valence-electron chi connectivity index (χ2n) is 3.75. The normalized spacial score (nSPS) is 25.7. The average Bonchev–Trinajstić information content (AvgIpc) is 3.10. The fourth-order valence-corrected chi connectivity index (χ4v) is 1.69. The second kappa shape index (κ2) is 3.95. The average molecular weight is 252 g/mol. The number of hydrogen-bond donors (Lipinski definition) is 2. The number of nitrogens with two attached hydrogens (primary N) is 1. The highest BCUT2D eigenvalue weighted by atomic mass is 16.6. The van der Waals surface area contributed by atoms with Gasteiger partial charge in [0.25, 0.3) is 17.6 Å². The fourth-order valence-electron chi connectivity index (χ4n) is 1.69. The van der Waals surface area contributed by atoms with Gasteiger partial charge in [-0.1, -0.05) is 0 Å². The van der Waals surface area contributed by atoms with Crippen LogP contribution in [0.4, 0.5) is 0 Å². The summed E-state index contributed by atoms with van der Waals surface area (Å²) in [5.74, 6) is -0.988. The zero-order valence-corrected chi connectivity index (χ0v) is 8.95. The molecule has 1 aliphatic carbocycles. The molecule has 1 aliphatic heterocycles. The molecule has 9 nitrogen and oxygen atoms in total. The first-order valence-corrected chi connectivity index (χ1v) is 4.90. The van der Waals surface area contributed by atoms with Crippen LogP contribution in [0.25, 0.3) is 0 Å². The van der Waals surface area contributed by atoms with Gasteiger partial charge in [0.15, 0.2) is 0 Å². The van der Waals surface area contributed by atoms with Gasteiger partial charge in [0.1, 0.15) is 5.57 Å². The lowest BCUT2D eigenvalue weighted by molar-refractivity contribution is -0.501. The van der Waals surface area contributed by atoms with Crippen LogP contribution in [0.15, 0.2) is 34.7 Å². The SMILES string of the molecule is NC(=O)C1=CC(=C2CN2)C([N+](=O)[O-])C=C1[N+](=O)[O-]. The van der Waals surface area contributed by atoms with Crippen LogP contribution in [-0.2, 0) is 4.79 Å². The molecule has 0 aromatic carbocycles. The molecule has 0 aromatic heterocycles. The van der Waals surface area contributed by atoms with Crippen LogP contribution >= 0.6 is 0 Å². The summed E-state index contributed by atoms with van der Waals surface area (Å²) in [6, 6.07) is -1.33. The Morgan fingerprint density at radius 1 is 1.44 bits per heavy atom. The predicted octanol–water partition coefficient (Wildman–Crippen LogP) is -0.925. The van der Waals surface area contributed by atoms with Crippen molar-refractivity contribution in [3.8, 4) is 0 Å². The van der Waals surface area contributed by atoms with Crippen molar-refractivity contribution in [1.82, 2.24) is 5.32 Å². The number of rotatable bonds is 3. The molecule has 2 aliphatic rings. The monoisotopic (exact) mass is 252 g/mol. The van der Waals surface area contributed by atoms with Crippen LogP contribution in [0.5, 0.6) is 0 Å². The highest BCUT2D eigenvalue weighted by Crippen LogP contribution is 2.28. The van der Waals surface area contributed by atoms with Crippen LogP contribution in [0.1, 0.15) is 0 Å². The molecule has 2 rings (SSSR count). The summed E-state index contributed by atoms with van der Waals surface area (Å²) in [5, 5.41) is 24.4. The third-order valence-corrected chi connectivity index (χ3v) is 2.60. The van der Waals surface area contributed by atoms with Crippen LogP contribution < -0.4 is 11.1 Å².